The number of carbonyl (C=O) groups is 1. The lowest BCUT2D eigenvalue weighted by Crippen LogP contribution is -2.51. The SMILES string of the molecule is O=C(O)c1ccc(Cl)c(S(=O)(=O)N(Cc2ccccc2)[C@H]2CS(=O)(=O)C[C@@H]2NCc2ccccc2)c1. The first-order chi connectivity index (χ1) is 17.1. The molecule has 1 aliphatic heterocycles. The number of rotatable bonds is 9. The molecule has 1 heterocycles. The lowest BCUT2D eigenvalue weighted by molar-refractivity contribution is 0.0696. The molecule has 0 amide bonds. The zero-order valence-electron chi connectivity index (χ0n) is 19.1. The van der Waals surface area contributed by atoms with Gasteiger partial charge in [0.25, 0.3) is 0 Å². The second-order valence-electron chi connectivity index (χ2n) is 8.60. The van der Waals surface area contributed by atoms with Crippen molar-refractivity contribution in [1.82, 2.24) is 9.62 Å². The van der Waals surface area contributed by atoms with Gasteiger partial charge < -0.3 is 10.4 Å². The maximum atomic E-state index is 14.0. The summed E-state index contributed by atoms with van der Waals surface area (Å²) in [6.45, 7) is 0.243. The number of carboxylic acids is 1. The van der Waals surface area contributed by atoms with E-state index in [1.165, 1.54) is 12.1 Å². The molecule has 0 aromatic heterocycles. The van der Waals surface area contributed by atoms with Crippen LogP contribution in [0, 0.1) is 0 Å². The molecule has 1 aliphatic rings. The average Bonchev–Trinajstić information content (AvgIpc) is 3.16. The van der Waals surface area contributed by atoms with E-state index in [4.69, 9.17) is 11.6 Å². The number of aromatic carboxylic acids is 1. The molecule has 0 aliphatic carbocycles. The minimum atomic E-state index is -4.40. The third-order valence-corrected chi connectivity index (χ3v) is 10.1. The highest BCUT2D eigenvalue weighted by Crippen LogP contribution is 2.32. The number of hydrogen-bond donors (Lipinski definition) is 2. The molecule has 0 radical (unpaired) electrons. The normalized spacial score (nSPS) is 19.4. The van der Waals surface area contributed by atoms with Crippen molar-refractivity contribution >= 4 is 37.4 Å². The van der Waals surface area contributed by atoms with Crippen molar-refractivity contribution in [3.8, 4) is 0 Å². The molecule has 11 heteroatoms. The molecule has 2 N–H and O–H groups in total. The molecule has 4 rings (SSSR count). The van der Waals surface area contributed by atoms with Gasteiger partial charge in [-0.1, -0.05) is 72.3 Å². The van der Waals surface area contributed by atoms with Gasteiger partial charge in [0, 0.05) is 19.1 Å². The Bertz CT molecular complexity index is 1450. The van der Waals surface area contributed by atoms with Crippen molar-refractivity contribution in [3.05, 3.63) is 101 Å². The molecule has 36 heavy (non-hydrogen) atoms. The molecule has 0 spiro atoms. The van der Waals surface area contributed by atoms with E-state index in [0.29, 0.717) is 12.1 Å². The molecule has 8 nitrogen and oxygen atoms in total. The van der Waals surface area contributed by atoms with E-state index in [0.717, 1.165) is 15.9 Å². The van der Waals surface area contributed by atoms with E-state index in [9.17, 15) is 26.7 Å². The van der Waals surface area contributed by atoms with Crippen molar-refractivity contribution in [2.24, 2.45) is 0 Å². The van der Waals surface area contributed by atoms with Crippen LogP contribution in [0.3, 0.4) is 0 Å². The van der Waals surface area contributed by atoms with Crippen LogP contribution in [0.25, 0.3) is 0 Å². The topological polar surface area (TPSA) is 121 Å². The average molecular weight is 549 g/mol. The van der Waals surface area contributed by atoms with Crippen LogP contribution in [0.1, 0.15) is 21.5 Å². The molecule has 3 aromatic carbocycles. The van der Waals surface area contributed by atoms with Gasteiger partial charge >= 0.3 is 5.97 Å². The van der Waals surface area contributed by atoms with Crippen LogP contribution in [-0.2, 0) is 33.0 Å². The van der Waals surface area contributed by atoms with Gasteiger partial charge in [-0.15, -0.1) is 0 Å². The second-order valence-corrected chi connectivity index (χ2v) is 13.0. The van der Waals surface area contributed by atoms with Gasteiger partial charge in [0.15, 0.2) is 9.84 Å². The van der Waals surface area contributed by atoms with Gasteiger partial charge in [0.1, 0.15) is 4.90 Å². The Hall–Kier alpha value is -2.76. The molecule has 1 saturated heterocycles. The van der Waals surface area contributed by atoms with Crippen LogP contribution in [0.5, 0.6) is 0 Å². The summed E-state index contributed by atoms with van der Waals surface area (Å²) in [7, 11) is -7.96. The maximum Gasteiger partial charge on any atom is 0.335 e. The molecule has 0 unspecified atom stereocenters. The van der Waals surface area contributed by atoms with Crippen LogP contribution < -0.4 is 5.32 Å². The van der Waals surface area contributed by atoms with E-state index in [-0.39, 0.29) is 33.5 Å². The summed E-state index contributed by atoms with van der Waals surface area (Å²) in [5.41, 5.74) is 1.34. The summed E-state index contributed by atoms with van der Waals surface area (Å²) in [6.07, 6.45) is 0. The Morgan fingerprint density at radius 2 is 1.58 bits per heavy atom. The summed E-state index contributed by atoms with van der Waals surface area (Å²) in [4.78, 5) is 11.1. The van der Waals surface area contributed by atoms with Crippen LogP contribution in [-0.4, -0.2) is 55.8 Å². The van der Waals surface area contributed by atoms with Crippen LogP contribution in [0.15, 0.2) is 83.8 Å². The number of sulfone groups is 1. The first-order valence-corrected chi connectivity index (χ1v) is 14.8. The molecule has 0 saturated carbocycles. The first kappa shape index (κ1) is 26.3. The molecule has 190 valence electrons. The minimum absolute atomic E-state index is 0.111. The number of sulfonamides is 1. The Morgan fingerprint density at radius 3 is 2.19 bits per heavy atom. The van der Waals surface area contributed by atoms with Crippen molar-refractivity contribution in [2.75, 3.05) is 11.5 Å². The summed E-state index contributed by atoms with van der Waals surface area (Å²) in [6, 6.07) is 20.0. The number of halogens is 1. The van der Waals surface area contributed by atoms with Crippen LogP contribution in [0.4, 0.5) is 0 Å². The standard InChI is InChI=1S/C25H25ClN2O6S2/c26-21-12-11-20(25(29)30)13-24(21)36(33,34)28(15-19-9-5-2-6-10-19)23-17-35(31,32)16-22(23)27-14-18-7-3-1-4-8-18/h1-13,22-23,27H,14-17H2,(H,29,30)/t22-,23-/m0/s1. The Kier molecular flexibility index (Phi) is 7.82. The fourth-order valence-electron chi connectivity index (χ4n) is 4.26. The number of nitrogens with zero attached hydrogens (tertiary/aromatic N) is 1. The van der Waals surface area contributed by atoms with Crippen LogP contribution in [0.2, 0.25) is 5.02 Å². The fourth-order valence-corrected chi connectivity index (χ4v) is 8.46. The van der Waals surface area contributed by atoms with E-state index < -0.39 is 37.9 Å². The highest BCUT2D eigenvalue weighted by molar-refractivity contribution is 7.92. The van der Waals surface area contributed by atoms with Gasteiger partial charge in [0.2, 0.25) is 10.0 Å². The lowest BCUT2D eigenvalue weighted by Gasteiger charge is -2.32. The number of carboxylic acid groups (broad SMARTS) is 1. The Labute approximate surface area is 215 Å². The first-order valence-electron chi connectivity index (χ1n) is 11.1. The second kappa shape index (κ2) is 10.7. The summed E-state index contributed by atoms with van der Waals surface area (Å²) >= 11 is 6.24. The zero-order valence-corrected chi connectivity index (χ0v) is 21.5. The predicted octanol–water partition coefficient (Wildman–Crippen LogP) is 3.18. The van der Waals surface area contributed by atoms with Crippen molar-refractivity contribution in [1.29, 1.82) is 0 Å². The van der Waals surface area contributed by atoms with Gasteiger partial charge in [0.05, 0.1) is 28.1 Å². The Balaban J connectivity index is 1.76. The van der Waals surface area contributed by atoms with E-state index in [2.05, 4.69) is 5.32 Å². The van der Waals surface area contributed by atoms with Crippen molar-refractivity contribution in [2.45, 2.75) is 30.1 Å². The van der Waals surface area contributed by atoms with E-state index in [1.807, 2.05) is 30.3 Å². The molecular formula is C25H25ClN2O6S2. The van der Waals surface area contributed by atoms with Crippen molar-refractivity contribution in [3.63, 3.8) is 0 Å². The molecular weight excluding hydrogens is 524 g/mol. The molecule has 1 fully saturated rings. The number of nitrogens with one attached hydrogen (secondary N) is 1. The number of hydrogen-bond acceptors (Lipinski definition) is 6. The highest BCUT2D eigenvalue weighted by atomic mass is 35.5. The fraction of sp³-hybridized carbons (Fsp3) is 0.240. The summed E-state index contributed by atoms with van der Waals surface area (Å²) in [5, 5.41) is 12.5. The summed E-state index contributed by atoms with van der Waals surface area (Å²) < 4.78 is 54.5. The maximum absolute atomic E-state index is 14.0. The smallest absolute Gasteiger partial charge is 0.335 e. The zero-order chi connectivity index (χ0) is 25.9. The quantitative estimate of drug-likeness (QED) is 0.421. The van der Waals surface area contributed by atoms with Gasteiger partial charge in [-0.25, -0.2) is 21.6 Å². The largest absolute Gasteiger partial charge is 0.478 e. The molecule has 0 bridgehead atoms. The minimum Gasteiger partial charge on any atom is -0.478 e. The molecule has 2 atom stereocenters. The van der Waals surface area contributed by atoms with Gasteiger partial charge in [-0.05, 0) is 29.3 Å². The van der Waals surface area contributed by atoms with Gasteiger partial charge in [-0.3, -0.25) is 0 Å². The van der Waals surface area contributed by atoms with E-state index in [1.54, 1.807) is 30.3 Å². The summed E-state index contributed by atoms with van der Waals surface area (Å²) in [5.74, 6) is -1.90. The predicted molar refractivity (Wildman–Crippen MR) is 137 cm³/mol. The molecule has 3 aromatic rings. The third-order valence-electron chi connectivity index (χ3n) is 6.05. The highest BCUT2D eigenvalue weighted by Gasteiger charge is 2.45. The third kappa shape index (κ3) is 5.96. The lowest BCUT2D eigenvalue weighted by atomic mass is 10.1. The Morgan fingerprint density at radius 1 is 0.972 bits per heavy atom. The number of benzene rings is 3. The van der Waals surface area contributed by atoms with Crippen molar-refractivity contribution < 1.29 is 26.7 Å². The van der Waals surface area contributed by atoms with Crippen LogP contribution >= 0.6 is 11.6 Å². The van der Waals surface area contributed by atoms with Gasteiger partial charge in [-0.2, -0.15) is 4.31 Å². The van der Waals surface area contributed by atoms with E-state index >= 15 is 0 Å². The monoisotopic (exact) mass is 548 g/mol.